The van der Waals surface area contributed by atoms with E-state index in [1.165, 1.54) is 30.4 Å². The lowest BCUT2D eigenvalue weighted by atomic mass is 9.44. The smallest absolute Gasteiger partial charge is 0.136 e. The van der Waals surface area contributed by atoms with Crippen molar-refractivity contribution in [3.63, 3.8) is 0 Å². The SMILES string of the molecule is C=C1C=C2C(C)=CC3C(CC[C@@]4(C)C3CCC(=O)[C@@H]4C)[C@@]2(C)CC1. The second kappa shape index (κ2) is 5.19. The maximum absolute atomic E-state index is 12.4. The Balaban J connectivity index is 1.79. The van der Waals surface area contributed by atoms with E-state index in [1.807, 2.05) is 0 Å². The highest BCUT2D eigenvalue weighted by Crippen LogP contribution is 2.64. The first-order chi connectivity index (χ1) is 11.3. The first-order valence-electron chi connectivity index (χ1n) is 9.89. The van der Waals surface area contributed by atoms with E-state index >= 15 is 0 Å². The van der Waals surface area contributed by atoms with E-state index < -0.39 is 0 Å². The Morgan fingerprint density at radius 1 is 1.12 bits per heavy atom. The van der Waals surface area contributed by atoms with Gasteiger partial charge in [-0.15, -0.1) is 0 Å². The Hall–Kier alpha value is -1.11. The molecule has 4 aliphatic rings. The number of hydrogen-bond donors (Lipinski definition) is 0. The third-order valence-corrected chi connectivity index (χ3v) is 8.56. The summed E-state index contributed by atoms with van der Waals surface area (Å²) in [4.78, 5) is 12.4. The maximum atomic E-state index is 12.4. The molecule has 24 heavy (non-hydrogen) atoms. The van der Waals surface area contributed by atoms with Crippen LogP contribution in [0.25, 0.3) is 0 Å². The lowest BCUT2D eigenvalue weighted by Gasteiger charge is -2.60. The van der Waals surface area contributed by atoms with E-state index in [-0.39, 0.29) is 11.3 Å². The molecule has 130 valence electrons. The van der Waals surface area contributed by atoms with Crippen LogP contribution in [0.15, 0.2) is 35.5 Å². The molecule has 0 aromatic carbocycles. The number of ketones is 1. The van der Waals surface area contributed by atoms with Crippen LogP contribution in [0.3, 0.4) is 0 Å². The molecule has 1 heteroatoms. The largest absolute Gasteiger partial charge is 0.299 e. The number of hydrogen-bond acceptors (Lipinski definition) is 1. The van der Waals surface area contributed by atoms with Gasteiger partial charge in [0.05, 0.1) is 0 Å². The summed E-state index contributed by atoms with van der Waals surface area (Å²) in [6, 6.07) is 0. The van der Waals surface area contributed by atoms with Crippen molar-refractivity contribution in [3.8, 4) is 0 Å². The summed E-state index contributed by atoms with van der Waals surface area (Å²) in [5.41, 5.74) is 4.86. The number of carbonyl (C=O) groups is 1. The molecular weight excluding hydrogens is 292 g/mol. The van der Waals surface area contributed by atoms with Gasteiger partial charge < -0.3 is 0 Å². The number of rotatable bonds is 0. The van der Waals surface area contributed by atoms with E-state index in [0.717, 1.165) is 25.2 Å². The summed E-state index contributed by atoms with van der Waals surface area (Å²) < 4.78 is 0. The quantitative estimate of drug-likeness (QED) is 0.544. The molecule has 0 bridgehead atoms. The predicted octanol–water partition coefficient (Wildman–Crippen LogP) is 5.88. The van der Waals surface area contributed by atoms with Gasteiger partial charge in [-0.3, -0.25) is 4.79 Å². The Morgan fingerprint density at radius 2 is 1.88 bits per heavy atom. The van der Waals surface area contributed by atoms with E-state index in [2.05, 4.69) is 46.4 Å². The molecule has 3 unspecified atom stereocenters. The molecule has 0 amide bonds. The zero-order valence-electron chi connectivity index (χ0n) is 15.8. The summed E-state index contributed by atoms with van der Waals surface area (Å²) in [7, 11) is 0. The Kier molecular flexibility index (Phi) is 3.54. The minimum Gasteiger partial charge on any atom is -0.299 e. The van der Waals surface area contributed by atoms with Crippen molar-refractivity contribution in [2.24, 2.45) is 34.5 Å². The van der Waals surface area contributed by atoms with Crippen LogP contribution >= 0.6 is 0 Å². The van der Waals surface area contributed by atoms with Gasteiger partial charge in [-0.1, -0.05) is 50.6 Å². The Morgan fingerprint density at radius 3 is 2.62 bits per heavy atom. The highest BCUT2D eigenvalue weighted by atomic mass is 16.1. The van der Waals surface area contributed by atoms with E-state index in [0.29, 0.717) is 23.0 Å². The first-order valence-corrected chi connectivity index (χ1v) is 9.89. The maximum Gasteiger partial charge on any atom is 0.136 e. The van der Waals surface area contributed by atoms with Crippen LogP contribution in [0, 0.1) is 34.5 Å². The van der Waals surface area contributed by atoms with Crippen LogP contribution in [0.2, 0.25) is 0 Å². The molecule has 0 spiro atoms. The van der Waals surface area contributed by atoms with Crippen LogP contribution < -0.4 is 0 Å². The summed E-state index contributed by atoms with van der Waals surface area (Å²) in [6.07, 6.45) is 11.8. The molecule has 1 nitrogen and oxygen atoms in total. The number of Topliss-reactive ketones (excluding diaryl/α,β-unsaturated/α-hetero) is 1. The number of allylic oxidation sites excluding steroid dienone is 5. The van der Waals surface area contributed by atoms with Gasteiger partial charge in [-0.25, -0.2) is 0 Å². The Bertz CT molecular complexity index is 666. The minimum atomic E-state index is 0.211. The topological polar surface area (TPSA) is 17.1 Å². The van der Waals surface area contributed by atoms with Crippen molar-refractivity contribution in [2.45, 2.75) is 66.2 Å². The van der Waals surface area contributed by atoms with Gasteiger partial charge in [0.25, 0.3) is 0 Å². The number of fused-ring (bicyclic) bond motifs is 5. The standard InChI is InChI=1S/C23H32O/c1-14-8-10-23(5)19-9-11-22(4)16(3)21(24)7-6-18(22)17(19)13-15(2)20(23)12-14/h12-13,16-19H,1,6-11H2,2-5H3/t16-,17?,18?,19?,22+,23+/m0/s1. The molecule has 0 aliphatic heterocycles. The van der Waals surface area contributed by atoms with Crippen molar-refractivity contribution in [3.05, 3.63) is 35.5 Å². The molecule has 2 saturated carbocycles. The van der Waals surface area contributed by atoms with Gasteiger partial charge in [-0.2, -0.15) is 0 Å². The van der Waals surface area contributed by atoms with Gasteiger partial charge in [0.2, 0.25) is 0 Å². The van der Waals surface area contributed by atoms with Gasteiger partial charge in [0.15, 0.2) is 0 Å². The second-order valence-corrected chi connectivity index (χ2v) is 9.54. The van der Waals surface area contributed by atoms with Crippen molar-refractivity contribution >= 4 is 5.78 Å². The minimum absolute atomic E-state index is 0.211. The normalized spacial score (nSPS) is 48.0. The van der Waals surface area contributed by atoms with E-state index in [9.17, 15) is 4.79 Å². The highest BCUT2D eigenvalue weighted by Gasteiger charge is 2.57. The lowest BCUT2D eigenvalue weighted by Crippen LogP contribution is -2.54. The third-order valence-electron chi connectivity index (χ3n) is 8.56. The summed E-state index contributed by atoms with van der Waals surface area (Å²) in [5, 5.41) is 0. The molecule has 0 N–H and O–H groups in total. The van der Waals surface area contributed by atoms with Crippen LogP contribution in [0.5, 0.6) is 0 Å². The molecular formula is C23H32O. The van der Waals surface area contributed by atoms with Crippen LogP contribution in [0.1, 0.15) is 66.2 Å². The molecule has 6 atom stereocenters. The number of carbonyl (C=O) groups excluding carboxylic acids is 1. The van der Waals surface area contributed by atoms with Crippen molar-refractivity contribution in [2.75, 3.05) is 0 Å². The van der Waals surface area contributed by atoms with Gasteiger partial charge in [0.1, 0.15) is 5.78 Å². The van der Waals surface area contributed by atoms with E-state index in [1.54, 1.807) is 5.57 Å². The zero-order valence-corrected chi connectivity index (χ0v) is 15.8. The van der Waals surface area contributed by atoms with Gasteiger partial charge >= 0.3 is 0 Å². The fourth-order valence-corrected chi connectivity index (χ4v) is 6.81. The zero-order chi connectivity index (χ0) is 17.3. The molecule has 4 rings (SSSR count). The van der Waals surface area contributed by atoms with Gasteiger partial charge in [-0.05, 0) is 73.2 Å². The van der Waals surface area contributed by atoms with Crippen LogP contribution in [-0.2, 0) is 4.79 Å². The second-order valence-electron chi connectivity index (χ2n) is 9.54. The average Bonchev–Trinajstić information content (AvgIpc) is 2.53. The monoisotopic (exact) mass is 324 g/mol. The van der Waals surface area contributed by atoms with Crippen molar-refractivity contribution in [1.82, 2.24) is 0 Å². The molecule has 0 saturated heterocycles. The first kappa shape index (κ1) is 16.4. The summed E-state index contributed by atoms with van der Waals surface area (Å²) in [5.74, 6) is 2.83. The molecule has 0 radical (unpaired) electrons. The molecule has 4 aliphatic carbocycles. The lowest BCUT2D eigenvalue weighted by molar-refractivity contribution is -0.140. The molecule has 0 aromatic heterocycles. The highest BCUT2D eigenvalue weighted by molar-refractivity contribution is 5.82. The van der Waals surface area contributed by atoms with Crippen molar-refractivity contribution < 1.29 is 4.79 Å². The summed E-state index contributed by atoms with van der Waals surface area (Å²) in [6.45, 7) is 13.7. The summed E-state index contributed by atoms with van der Waals surface area (Å²) >= 11 is 0. The average molecular weight is 325 g/mol. The van der Waals surface area contributed by atoms with E-state index in [4.69, 9.17) is 0 Å². The molecule has 0 heterocycles. The third kappa shape index (κ3) is 2.02. The fourth-order valence-electron chi connectivity index (χ4n) is 6.81. The fraction of sp³-hybridized carbons (Fsp3) is 0.696. The predicted molar refractivity (Wildman–Crippen MR) is 99.5 cm³/mol. The van der Waals surface area contributed by atoms with Crippen molar-refractivity contribution in [1.29, 1.82) is 0 Å². The van der Waals surface area contributed by atoms with Crippen LogP contribution in [0.4, 0.5) is 0 Å². The van der Waals surface area contributed by atoms with Crippen LogP contribution in [-0.4, -0.2) is 5.78 Å². The molecule has 0 aromatic rings. The molecule has 2 fully saturated rings. The van der Waals surface area contributed by atoms with Gasteiger partial charge in [0, 0.05) is 12.3 Å². The Labute approximate surface area is 147 Å².